The fraction of sp³-hybridized carbons (Fsp3) is 0.667. The smallest absolute Gasteiger partial charge is 0.157 e. The molecule has 1 heterocycles. The predicted octanol–water partition coefficient (Wildman–Crippen LogP) is 3.65. The monoisotopic (exact) mass is 292 g/mol. The third kappa shape index (κ3) is 5.42. The fourth-order valence-electron chi connectivity index (χ4n) is 2.79. The molecular weight excluding hydrogens is 264 g/mol. The lowest BCUT2D eigenvalue weighted by Gasteiger charge is -2.23. The Morgan fingerprint density at radius 3 is 2.71 bits per heavy atom. The molecule has 0 radical (unpaired) electrons. The normalized spacial score (nSPS) is 20.4. The lowest BCUT2D eigenvalue weighted by atomic mass is 9.95. The molecule has 2 atom stereocenters. The van der Waals surface area contributed by atoms with Crippen molar-refractivity contribution in [1.29, 1.82) is 0 Å². The Morgan fingerprint density at radius 2 is 2.10 bits per heavy atom. The standard InChI is InChI=1S/C18H28O3/c1-2-5-15-7-9-16(10-8-15)17(14-19)11-13-21-18-6-3-4-12-20-18/h7-10,17-19H,2-6,11-14H2,1H3. The van der Waals surface area contributed by atoms with Gasteiger partial charge in [-0.1, -0.05) is 37.6 Å². The van der Waals surface area contributed by atoms with Gasteiger partial charge in [0.25, 0.3) is 0 Å². The van der Waals surface area contributed by atoms with Crippen LogP contribution in [-0.2, 0) is 15.9 Å². The average molecular weight is 292 g/mol. The highest BCUT2D eigenvalue weighted by Crippen LogP contribution is 2.21. The Kier molecular flexibility index (Phi) is 7.20. The largest absolute Gasteiger partial charge is 0.396 e. The second kappa shape index (κ2) is 9.19. The Bertz CT molecular complexity index is 382. The van der Waals surface area contributed by atoms with Gasteiger partial charge in [-0.05, 0) is 43.2 Å². The SMILES string of the molecule is CCCc1ccc(C(CO)CCOC2CCCCO2)cc1. The first kappa shape index (κ1) is 16.5. The predicted molar refractivity (Wildman–Crippen MR) is 84.4 cm³/mol. The van der Waals surface area contributed by atoms with Gasteiger partial charge in [0.15, 0.2) is 6.29 Å². The van der Waals surface area contributed by atoms with Crippen LogP contribution < -0.4 is 0 Å². The maximum absolute atomic E-state index is 9.60. The van der Waals surface area contributed by atoms with E-state index in [-0.39, 0.29) is 18.8 Å². The first-order valence-corrected chi connectivity index (χ1v) is 8.26. The van der Waals surface area contributed by atoms with Gasteiger partial charge in [-0.25, -0.2) is 0 Å². The number of ether oxygens (including phenoxy) is 2. The molecule has 3 heteroatoms. The van der Waals surface area contributed by atoms with Gasteiger partial charge in [-0.3, -0.25) is 0 Å². The van der Waals surface area contributed by atoms with Gasteiger partial charge in [0, 0.05) is 12.5 Å². The zero-order valence-corrected chi connectivity index (χ0v) is 13.1. The van der Waals surface area contributed by atoms with Gasteiger partial charge in [0.05, 0.1) is 13.2 Å². The van der Waals surface area contributed by atoms with Crippen LogP contribution in [0.15, 0.2) is 24.3 Å². The number of rotatable bonds is 8. The van der Waals surface area contributed by atoms with E-state index in [9.17, 15) is 5.11 Å². The van der Waals surface area contributed by atoms with E-state index in [0.29, 0.717) is 6.61 Å². The second-order valence-corrected chi connectivity index (χ2v) is 5.83. The van der Waals surface area contributed by atoms with Crippen LogP contribution in [0.25, 0.3) is 0 Å². The van der Waals surface area contributed by atoms with Crippen molar-refractivity contribution in [1.82, 2.24) is 0 Å². The first-order chi connectivity index (χ1) is 10.3. The van der Waals surface area contributed by atoms with E-state index in [1.54, 1.807) is 0 Å². The molecule has 2 unspecified atom stereocenters. The van der Waals surface area contributed by atoms with Crippen molar-refractivity contribution in [3.8, 4) is 0 Å². The average Bonchev–Trinajstić information content (AvgIpc) is 2.54. The summed E-state index contributed by atoms with van der Waals surface area (Å²) in [5.74, 6) is 0.157. The Hall–Kier alpha value is -0.900. The summed E-state index contributed by atoms with van der Waals surface area (Å²) in [4.78, 5) is 0. The van der Waals surface area contributed by atoms with Crippen molar-refractivity contribution < 1.29 is 14.6 Å². The molecule has 0 amide bonds. The van der Waals surface area contributed by atoms with Crippen LogP contribution in [0.1, 0.15) is 56.1 Å². The topological polar surface area (TPSA) is 38.7 Å². The summed E-state index contributed by atoms with van der Waals surface area (Å²) < 4.78 is 11.3. The van der Waals surface area contributed by atoms with E-state index in [2.05, 4.69) is 31.2 Å². The summed E-state index contributed by atoms with van der Waals surface area (Å²) in [6, 6.07) is 8.63. The minimum Gasteiger partial charge on any atom is -0.396 e. The number of hydrogen-bond acceptors (Lipinski definition) is 3. The maximum Gasteiger partial charge on any atom is 0.157 e. The highest BCUT2D eigenvalue weighted by molar-refractivity contribution is 5.25. The molecule has 1 N–H and O–H groups in total. The van der Waals surface area contributed by atoms with E-state index in [4.69, 9.17) is 9.47 Å². The van der Waals surface area contributed by atoms with Crippen molar-refractivity contribution in [2.24, 2.45) is 0 Å². The summed E-state index contributed by atoms with van der Waals surface area (Å²) in [6.07, 6.45) is 6.41. The van der Waals surface area contributed by atoms with Crippen LogP contribution in [0.2, 0.25) is 0 Å². The van der Waals surface area contributed by atoms with E-state index in [1.807, 2.05) is 0 Å². The molecule has 1 aliphatic rings. The van der Waals surface area contributed by atoms with Crippen LogP contribution in [0.4, 0.5) is 0 Å². The number of aryl methyl sites for hydroxylation is 1. The van der Waals surface area contributed by atoms with Crippen molar-refractivity contribution in [3.63, 3.8) is 0 Å². The Balaban J connectivity index is 1.78. The van der Waals surface area contributed by atoms with E-state index in [1.165, 1.54) is 17.5 Å². The molecular formula is C18H28O3. The van der Waals surface area contributed by atoms with Gasteiger partial charge < -0.3 is 14.6 Å². The number of aliphatic hydroxyl groups excluding tert-OH is 1. The maximum atomic E-state index is 9.60. The van der Waals surface area contributed by atoms with Gasteiger partial charge in [-0.2, -0.15) is 0 Å². The fourth-order valence-corrected chi connectivity index (χ4v) is 2.79. The van der Waals surface area contributed by atoms with Gasteiger partial charge in [-0.15, -0.1) is 0 Å². The Morgan fingerprint density at radius 1 is 1.29 bits per heavy atom. The molecule has 0 aliphatic carbocycles. The van der Waals surface area contributed by atoms with Crippen LogP contribution in [-0.4, -0.2) is 31.2 Å². The number of hydrogen-bond donors (Lipinski definition) is 1. The number of benzene rings is 1. The third-order valence-electron chi connectivity index (χ3n) is 4.12. The summed E-state index contributed by atoms with van der Waals surface area (Å²) in [7, 11) is 0. The molecule has 1 aromatic carbocycles. The van der Waals surface area contributed by atoms with Crippen molar-refractivity contribution in [2.45, 2.75) is 57.7 Å². The molecule has 1 aromatic rings. The molecule has 1 fully saturated rings. The van der Waals surface area contributed by atoms with Gasteiger partial charge in [0.2, 0.25) is 0 Å². The minimum atomic E-state index is -0.0370. The van der Waals surface area contributed by atoms with Crippen molar-refractivity contribution in [2.75, 3.05) is 19.8 Å². The van der Waals surface area contributed by atoms with Gasteiger partial charge in [0.1, 0.15) is 0 Å². The quantitative estimate of drug-likeness (QED) is 0.795. The Labute approximate surface area is 128 Å². The second-order valence-electron chi connectivity index (χ2n) is 5.83. The molecule has 0 saturated carbocycles. The van der Waals surface area contributed by atoms with Crippen LogP contribution in [0.5, 0.6) is 0 Å². The summed E-state index contributed by atoms with van der Waals surface area (Å²) in [5.41, 5.74) is 2.57. The van der Waals surface area contributed by atoms with E-state index >= 15 is 0 Å². The van der Waals surface area contributed by atoms with Crippen LogP contribution in [0, 0.1) is 0 Å². The summed E-state index contributed by atoms with van der Waals surface area (Å²) in [5, 5.41) is 9.60. The van der Waals surface area contributed by atoms with E-state index in [0.717, 1.165) is 38.7 Å². The zero-order chi connectivity index (χ0) is 14.9. The van der Waals surface area contributed by atoms with E-state index < -0.39 is 0 Å². The highest BCUT2D eigenvalue weighted by atomic mass is 16.7. The van der Waals surface area contributed by atoms with Crippen LogP contribution in [0.3, 0.4) is 0 Å². The molecule has 118 valence electrons. The lowest BCUT2D eigenvalue weighted by Crippen LogP contribution is -2.23. The van der Waals surface area contributed by atoms with Crippen molar-refractivity contribution in [3.05, 3.63) is 35.4 Å². The van der Waals surface area contributed by atoms with Crippen LogP contribution >= 0.6 is 0 Å². The molecule has 2 rings (SSSR count). The molecule has 0 spiro atoms. The molecule has 0 aromatic heterocycles. The first-order valence-electron chi connectivity index (χ1n) is 8.26. The van der Waals surface area contributed by atoms with Crippen molar-refractivity contribution >= 4 is 0 Å². The summed E-state index contributed by atoms with van der Waals surface area (Å²) in [6.45, 7) is 3.82. The molecule has 21 heavy (non-hydrogen) atoms. The van der Waals surface area contributed by atoms with Gasteiger partial charge >= 0.3 is 0 Å². The number of aliphatic hydroxyl groups is 1. The minimum absolute atomic E-state index is 0.0370. The molecule has 1 aliphatic heterocycles. The molecule has 0 bridgehead atoms. The molecule has 3 nitrogen and oxygen atoms in total. The third-order valence-corrected chi connectivity index (χ3v) is 4.12. The highest BCUT2D eigenvalue weighted by Gasteiger charge is 2.16. The zero-order valence-electron chi connectivity index (χ0n) is 13.1. The molecule has 1 saturated heterocycles. The lowest BCUT2D eigenvalue weighted by molar-refractivity contribution is -0.163. The summed E-state index contributed by atoms with van der Waals surface area (Å²) >= 11 is 0.